The monoisotopic (exact) mass is 647 g/mol. The predicted molar refractivity (Wildman–Crippen MR) is 208 cm³/mol. The first kappa shape index (κ1) is 41.1. The molecule has 0 saturated heterocycles. The zero-order valence-electron chi connectivity index (χ0n) is 31.3. The van der Waals surface area contributed by atoms with E-state index in [1.54, 1.807) is 0 Å². The van der Waals surface area contributed by atoms with Gasteiger partial charge >= 0.3 is 0 Å². The fraction of sp³-hybridized carbons (Fsp3) is 0.711. The molecular weight excluding hydrogens is 571 g/mol. The van der Waals surface area contributed by atoms with E-state index in [-0.39, 0.29) is 0 Å². The Hall–Kier alpha value is -2.09. The van der Waals surface area contributed by atoms with Crippen molar-refractivity contribution in [3.8, 4) is 5.75 Å². The van der Waals surface area contributed by atoms with E-state index in [2.05, 4.69) is 79.4 Å². The fourth-order valence-corrected chi connectivity index (χ4v) is 6.57. The summed E-state index contributed by atoms with van der Waals surface area (Å²) in [5.41, 5.74) is 2.46. The van der Waals surface area contributed by atoms with Gasteiger partial charge in [0, 0.05) is 18.6 Å². The molecule has 1 aromatic heterocycles. The van der Waals surface area contributed by atoms with Crippen LogP contribution in [-0.4, -0.2) is 6.61 Å². The van der Waals surface area contributed by atoms with E-state index < -0.39 is 0 Å². The molecule has 0 radical (unpaired) electrons. The third-order valence-electron chi connectivity index (χ3n) is 9.80. The number of ether oxygens (including phenoxy) is 1. The van der Waals surface area contributed by atoms with Crippen LogP contribution in [0.1, 0.15) is 205 Å². The average Bonchev–Trinajstić information content (AvgIpc) is 3.10. The highest BCUT2D eigenvalue weighted by Crippen LogP contribution is 2.17. The van der Waals surface area contributed by atoms with Gasteiger partial charge in [0.1, 0.15) is 12.3 Å². The van der Waals surface area contributed by atoms with Crippen LogP contribution in [0.15, 0.2) is 48.8 Å². The lowest BCUT2D eigenvalue weighted by Crippen LogP contribution is -2.32. The molecule has 0 amide bonds. The molecule has 0 aliphatic carbocycles. The van der Waals surface area contributed by atoms with Crippen molar-refractivity contribution in [3.63, 3.8) is 0 Å². The van der Waals surface area contributed by atoms with Gasteiger partial charge in [-0.15, -0.1) is 0 Å². The Balaban J connectivity index is 1.38. The minimum Gasteiger partial charge on any atom is -0.494 e. The van der Waals surface area contributed by atoms with Crippen molar-refractivity contribution < 1.29 is 9.30 Å². The standard InChI is InChI=1S/C45H76NO/c1-3-5-7-9-11-13-14-15-16-17-18-19-20-21-22-23-24-26-28-30-42-47-45-35-33-43(34-36-45)31-32-44-37-40-46(41-38-44)39-29-27-25-12-10-8-6-4-2/h31-38,40-41H,3-30,39,42H2,1-2H3/q+1/b32-31+. The van der Waals surface area contributed by atoms with Crippen molar-refractivity contribution in [1.82, 2.24) is 0 Å². The number of pyridine rings is 1. The first-order chi connectivity index (χ1) is 23.3. The molecular formula is C45H76NO+. The second-order valence-electron chi connectivity index (χ2n) is 14.3. The molecule has 0 fully saturated rings. The summed E-state index contributed by atoms with van der Waals surface area (Å²) in [6.07, 6.45) is 48.2. The maximum atomic E-state index is 6.02. The van der Waals surface area contributed by atoms with Gasteiger partial charge in [-0.3, -0.25) is 0 Å². The Labute approximate surface area is 293 Å². The van der Waals surface area contributed by atoms with E-state index in [1.165, 1.54) is 184 Å². The summed E-state index contributed by atoms with van der Waals surface area (Å²) in [7, 11) is 0. The largest absolute Gasteiger partial charge is 0.494 e. The fourth-order valence-electron chi connectivity index (χ4n) is 6.57. The van der Waals surface area contributed by atoms with Crippen molar-refractivity contribution in [2.75, 3.05) is 6.61 Å². The Morgan fingerprint density at radius 1 is 0.404 bits per heavy atom. The van der Waals surface area contributed by atoms with Gasteiger partial charge in [0.15, 0.2) is 12.4 Å². The first-order valence-corrected chi connectivity index (χ1v) is 20.7. The number of hydrogen-bond acceptors (Lipinski definition) is 1. The molecule has 47 heavy (non-hydrogen) atoms. The van der Waals surface area contributed by atoms with Crippen LogP contribution in [0.3, 0.4) is 0 Å². The Kier molecular flexibility index (Phi) is 27.3. The lowest BCUT2D eigenvalue weighted by molar-refractivity contribution is -0.697. The normalized spacial score (nSPS) is 11.5. The van der Waals surface area contributed by atoms with Crippen molar-refractivity contribution >= 4 is 12.2 Å². The van der Waals surface area contributed by atoms with Gasteiger partial charge in [-0.05, 0) is 36.1 Å². The molecule has 0 unspecified atom stereocenters. The summed E-state index contributed by atoms with van der Waals surface area (Å²) in [5, 5.41) is 0. The number of nitrogens with zero attached hydrogens (tertiary/aromatic N) is 1. The minimum atomic E-state index is 0.830. The topological polar surface area (TPSA) is 13.1 Å². The van der Waals surface area contributed by atoms with E-state index in [9.17, 15) is 0 Å². The molecule has 0 atom stereocenters. The van der Waals surface area contributed by atoms with E-state index in [4.69, 9.17) is 4.74 Å². The maximum absolute atomic E-state index is 6.02. The molecule has 1 heterocycles. The third-order valence-corrected chi connectivity index (χ3v) is 9.80. The quantitative estimate of drug-likeness (QED) is 0.0555. The molecule has 266 valence electrons. The molecule has 0 saturated carbocycles. The van der Waals surface area contributed by atoms with Gasteiger partial charge in [0.25, 0.3) is 0 Å². The Morgan fingerprint density at radius 3 is 1.15 bits per heavy atom. The summed E-state index contributed by atoms with van der Waals surface area (Å²) in [4.78, 5) is 0. The SMILES string of the molecule is CCCCCCCCCCCCCCCCCCCCCCOc1ccc(/C=C/c2cc[n+](CCCCCCCCCC)cc2)cc1. The van der Waals surface area contributed by atoms with Crippen LogP contribution in [0, 0.1) is 0 Å². The summed E-state index contributed by atoms with van der Waals surface area (Å²) in [6, 6.07) is 13.0. The molecule has 0 aliphatic heterocycles. The number of benzene rings is 1. The van der Waals surface area contributed by atoms with Crippen LogP contribution in [0.25, 0.3) is 12.2 Å². The highest BCUT2D eigenvalue weighted by Gasteiger charge is 2.01. The van der Waals surface area contributed by atoms with Crippen LogP contribution in [0.4, 0.5) is 0 Å². The highest BCUT2D eigenvalue weighted by atomic mass is 16.5. The zero-order valence-corrected chi connectivity index (χ0v) is 31.3. The molecule has 2 aromatic rings. The molecule has 2 heteroatoms. The summed E-state index contributed by atoms with van der Waals surface area (Å²) >= 11 is 0. The van der Waals surface area contributed by atoms with Gasteiger partial charge in [-0.25, -0.2) is 4.57 Å². The smallest absolute Gasteiger partial charge is 0.169 e. The molecule has 0 spiro atoms. The van der Waals surface area contributed by atoms with Crippen molar-refractivity contribution in [3.05, 3.63) is 59.9 Å². The van der Waals surface area contributed by atoms with Gasteiger partial charge in [0.05, 0.1) is 6.61 Å². The summed E-state index contributed by atoms with van der Waals surface area (Å²) < 4.78 is 8.34. The number of aryl methyl sites for hydroxylation is 1. The lowest BCUT2D eigenvalue weighted by atomic mass is 10.0. The zero-order chi connectivity index (χ0) is 33.3. The summed E-state index contributed by atoms with van der Waals surface area (Å²) in [5.74, 6) is 0.988. The molecule has 1 aromatic carbocycles. The second kappa shape index (κ2) is 31.2. The Bertz CT molecular complexity index is 947. The highest BCUT2D eigenvalue weighted by molar-refractivity contribution is 5.69. The van der Waals surface area contributed by atoms with E-state index in [1.807, 2.05) is 0 Å². The Morgan fingerprint density at radius 2 is 0.745 bits per heavy atom. The lowest BCUT2D eigenvalue weighted by Gasteiger charge is -2.07. The van der Waals surface area contributed by atoms with Crippen molar-refractivity contribution in [2.45, 2.75) is 200 Å². The van der Waals surface area contributed by atoms with Crippen LogP contribution in [0.5, 0.6) is 5.75 Å². The van der Waals surface area contributed by atoms with Gasteiger partial charge in [0.2, 0.25) is 0 Å². The van der Waals surface area contributed by atoms with Crippen LogP contribution < -0.4 is 9.30 Å². The molecule has 0 aliphatic rings. The van der Waals surface area contributed by atoms with Gasteiger partial charge < -0.3 is 4.74 Å². The maximum Gasteiger partial charge on any atom is 0.169 e. The second-order valence-corrected chi connectivity index (χ2v) is 14.3. The van der Waals surface area contributed by atoms with Crippen LogP contribution in [0.2, 0.25) is 0 Å². The predicted octanol–water partition coefficient (Wildman–Crippen LogP) is 14.5. The molecule has 2 nitrogen and oxygen atoms in total. The van der Waals surface area contributed by atoms with E-state index in [0.717, 1.165) is 25.3 Å². The van der Waals surface area contributed by atoms with Gasteiger partial charge in [-0.2, -0.15) is 0 Å². The van der Waals surface area contributed by atoms with Crippen LogP contribution >= 0.6 is 0 Å². The molecule has 2 rings (SSSR count). The van der Waals surface area contributed by atoms with E-state index >= 15 is 0 Å². The number of rotatable bonds is 33. The van der Waals surface area contributed by atoms with Gasteiger partial charge in [-0.1, -0.05) is 199 Å². The van der Waals surface area contributed by atoms with Crippen LogP contribution in [-0.2, 0) is 6.54 Å². The number of unbranched alkanes of at least 4 members (excludes halogenated alkanes) is 26. The van der Waals surface area contributed by atoms with Crippen molar-refractivity contribution in [1.29, 1.82) is 0 Å². The van der Waals surface area contributed by atoms with Crippen molar-refractivity contribution in [2.24, 2.45) is 0 Å². The number of aromatic nitrogens is 1. The van der Waals surface area contributed by atoms with E-state index in [0.29, 0.717) is 0 Å². The minimum absolute atomic E-state index is 0.830. The summed E-state index contributed by atoms with van der Waals surface area (Å²) in [6.45, 7) is 6.54. The molecule has 0 N–H and O–H groups in total. The molecule has 0 bridgehead atoms. The average molecular weight is 647 g/mol. The third kappa shape index (κ3) is 24.7. The number of hydrogen-bond donors (Lipinski definition) is 0. The first-order valence-electron chi connectivity index (χ1n) is 20.7.